The standard InChI is InChI=1S/C13H22N2O3/c1-3-7-14-12(16)10-15-8-5-6-11(9-15)13(17)18-4-2/h3,11H,1,4-10H2,2H3,(H,14,16). The smallest absolute Gasteiger partial charge is 0.310 e. The number of likely N-dealkylation sites (tertiary alicyclic amines) is 1. The van der Waals surface area contributed by atoms with Crippen LogP contribution in [0.3, 0.4) is 0 Å². The zero-order valence-corrected chi connectivity index (χ0v) is 11.0. The Hall–Kier alpha value is -1.36. The highest BCUT2D eigenvalue weighted by atomic mass is 16.5. The largest absolute Gasteiger partial charge is 0.466 e. The van der Waals surface area contributed by atoms with Gasteiger partial charge in [0, 0.05) is 13.1 Å². The number of nitrogens with one attached hydrogen (secondary N) is 1. The molecule has 1 unspecified atom stereocenters. The van der Waals surface area contributed by atoms with Gasteiger partial charge in [-0.25, -0.2) is 0 Å². The maximum Gasteiger partial charge on any atom is 0.310 e. The number of nitrogens with zero attached hydrogens (tertiary/aromatic N) is 1. The Kier molecular flexibility index (Phi) is 6.43. The zero-order chi connectivity index (χ0) is 13.4. The summed E-state index contributed by atoms with van der Waals surface area (Å²) in [6.45, 7) is 8.05. The number of esters is 1. The van der Waals surface area contributed by atoms with Crippen LogP contribution in [0, 0.1) is 5.92 Å². The maximum atomic E-state index is 11.6. The van der Waals surface area contributed by atoms with E-state index in [0.717, 1.165) is 19.4 Å². The van der Waals surface area contributed by atoms with Gasteiger partial charge in [-0.3, -0.25) is 14.5 Å². The van der Waals surface area contributed by atoms with Crippen LogP contribution in [0.2, 0.25) is 0 Å². The topological polar surface area (TPSA) is 58.6 Å². The molecule has 0 spiro atoms. The number of hydrogen-bond acceptors (Lipinski definition) is 4. The van der Waals surface area contributed by atoms with Crippen LogP contribution in [0.4, 0.5) is 0 Å². The van der Waals surface area contributed by atoms with Gasteiger partial charge in [-0.1, -0.05) is 6.08 Å². The fourth-order valence-corrected chi connectivity index (χ4v) is 2.10. The Bertz CT molecular complexity index is 305. The van der Waals surface area contributed by atoms with Crippen LogP contribution in [0.1, 0.15) is 19.8 Å². The van der Waals surface area contributed by atoms with Crippen LogP contribution in [0.5, 0.6) is 0 Å². The minimum atomic E-state index is -0.145. The molecule has 1 heterocycles. The van der Waals surface area contributed by atoms with Crippen molar-refractivity contribution in [1.29, 1.82) is 0 Å². The Morgan fingerprint density at radius 2 is 2.33 bits per heavy atom. The molecule has 18 heavy (non-hydrogen) atoms. The lowest BCUT2D eigenvalue weighted by atomic mass is 9.98. The second-order valence-electron chi connectivity index (χ2n) is 4.42. The molecular formula is C13H22N2O3. The molecule has 1 saturated heterocycles. The molecule has 1 N–H and O–H groups in total. The van der Waals surface area contributed by atoms with Crippen LogP contribution in [0.25, 0.3) is 0 Å². The van der Waals surface area contributed by atoms with Gasteiger partial charge in [0.2, 0.25) is 5.91 Å². The second kappa shape index (κ2) is 7.87. The van der Waals surface area contributed by atoms with Crippen LogP contribution in [-0.4, -0.2) is 49.6 Å². The van der Waals surface area contributed by atoms with E-state index in [-0.39, 0.29) is 17.8 Å². The van der Waals surface area contributed by atoms with Gasteiger partial charge in [0.05, 0.1) is 19.1 Å². The molecule has 0 aromatic carbocycles. The van der Waals surface area contributed by atoms with Gasteiger partial charge in [0.1, 0.15) is 0 Å². The molecule has 1 aliphatic rings. The summed E-state index contributed by atoms with van der Waals surface area (Å²) in [5.41, 5.74) is 0. The van der Waals surface area contributed by atoms with Gasteiger partial charge in [-0.15, -0.1) is 6.58 Å². The number of rotatable bonds is 6. The molecule has 102 valence electrons. The molecular weight excluding hydrogens is 232 g/mol. The minimum absolute atomic E-state index is 0.0283. The fourth-order valence-electron chi connectivity index (χ4n) is 2.10. The lowest BCUT2D eigenvalue weighted by molar-refractivity contribution is -0.150. The van der Waals surface area contributed by atoms with E-state index in [2.05, 4.69) is 11.9 Å². The van der Waals surface area contributed by atoms with E-state index in [0.29, 0.717) is 26.2 Å². The third kappa shape index (κ3) is 4.87. The van der Waals surface area contributed by atoms with Gasteiger partial charge in [-0.05, 0) is 26.3 Å². The first kappa shape index (κ1) is 14.7. The normalized spacial score (nSPS) is 20.2. The first-order chi connectivity index (χ1) is 8.67. The summed E-state index contributed by atoms with van der Waals surface area (Å²) in [7, 11) is 0. The molecule has 1 aliphatic heterocycles. The Morgan fingerprint density at radius 1 is 1.56 bits per heavy atom. The van der Waals surface area contributed by atoms with Crippen LogP contribution in [0.15, 0.2) is 12.7 Å². The highest BCUT2D eigenvalue weighted by Gasteiger charge is 2.27. The first-order valence-corrected chi connectivity index (χ1v) is 6.44. The summed E-state index contributed by atoms with van der Waals surface area (Å²) in [4.78, 5) is 25.2. The van der Waals surface area contributed by atoms with Crippen molar-refractivity contribution in [2.45, 2.75) is 19.8 Å². The van der Waals surface area contributed by atoms with Crippen LogP contribution < -0.4 is 5.32 Å². The molecule has 5 heteroatoms. The fraction of sp³-hybridized carbons (Fsp3) is 0.692. The van der Waals surface area contributed by atoms with Crippen LogP contribution >= 0.6 is 0 Å². The van der Waals surface area contributed by atoms with E-state index in [4.69, 9.17) is 4.74 Å². The zero-order valence-electron chi connectivity index (χ0n) is 11.0. The molecule has 0 saturated carbocycles. The van der Waals surface area contributed by atoms with Crippen molar-refractivity contribution >= 4 is 11.9 Å². The van der Waals surface area contributed by atoms with Crippen molar-refractivity contribution in [1.82, 2.24) is 10.2 Å². The average molecular weight is 254 g/mol. The summed E-state index contributed by atoms with van der Waals surface area (Å²) in [6.07, 6.45) is 3.43. The quantitative estimate of drug-likeness (QED) is 0.556. The van der Waals surface area contributed by atoms with E-state index in [1.807, 2.05) is 4.90 Å². The van der Waals surface area contributed by atoms with Crippen molar-refractivity contribution in [2.75, 3.05) is 32.8 Å². The molecule has 0 aromatic heterocycles. The number of amides is 1. The minimum Gasteiger partial charge on any atom is -0.466 e. The van der Waals surface area contributed by atoms with E-state index in [1.165, 1.54) is 0 Å². The number of hydrogen-bond donors (Lipinski definition) is 1. The monoisotopic (exact) mass is 254 g/mol. The summed E-state index contributed by atoms with van der Waals surface area (Å²) < 4.78 is 5.02. The first-order valence-electron chi connectivity index (χ1n) is 6.44. The Balaban J connectivity index is 2.36. The molecule has 0 aromatic rings. The third-order valence-corrected chi connectivity index (χ3v) is 2.94. The SMILES string of the molecule is C=CCNC(=O)CN1CCCC(C(=O)OCC)C1. The highest BCUT2D eigenvalue weighted by Crippen LogP contribution is 2.17. The lowest BCUT2D eigenvalue weighted by Gasteiger charge is -2.30. The van der Waals surface area contributed by atoms with Crippen molar-refractivity contribution in [3.05, 3.63) is 12.7 Å². The summed E-state index contributed by atoms with van der Waals surface area (Å²) in [5.74, 6) is -0.265. The van der Waals surface area contributed by atoms with Crippen molar-refractivity contribution in [3.63, 3.8) is 0 Å². The predicted molar refractivity (Wildman–Crippen MR) is 69.0 cm³/mol. The maximum absolute atomic E-state index is 11.6. The molecule has 1 amide bonds. The summed E-state index contributed by atoms with van der Waals surface area (Å²) in [6, 6.07) is 0. The summed E-state index contributed by atoms with van der Waals surface area (Å²) in [5, 5.41) is 2.73. The lowest BCUT2D eigenvalue weighted by Crippen LogP contribution is -2.44. The predicted octanol–water partition coefficient (Wildman–Crippen LogP) is 0.564. The van der Waals surface area contributed by atoms with Gasteiger partial charge >= 0.3 is 5.97 Å². The van der Waals surface area contributed by atoms with Gasteiger partial charge in [-0.2, -0.15) is 0 Å². The number of ether oxygens (including phenoxy) is 1. The van der Waals surface area contributed by atoms with E-state index in [1.54, 1.807) is 13.0 Å². The van der Waals surface area contributed by atoms with Gasteiger partial charge in [0.25, 0.3) is 0 Å². The van der Waals surface area contributed by atoms with E-state index in [9.17, 15) is 9.59 Å². The molecule has 0 aliphatic carbocycles. The molecule has 0 radical (unpaired) electrons. The molecule has 1 atom stereocenters. The molecule has 0 bridgehead atoms. The highest BCUT2D eigenvalue weighted by molar-refractivity contribution is 5.78. The number of carbonyl (C=O) groups excluding carboxylic acids is 2. The Morgan fingerprint density at radius 3 is 3.00 bits per heavy atom. The molecule has 5 nitrogen and oxygen atoms in total. The third-order valence-electron chi connectivity index (χ3n) is 2.94. The molecule has 1 rings (SSSR count). The summed E-state index contributed by atoms with van der Waals surface area (Å²) >= 11 is 0. The van der Waals surface area contributed by atoms with Crippen molar-refractivity contribution in [2.24, 2.45) is 5.92 Å². The van der Waals surface area contributed by atoms with Gasteiger partial charge in [0.15, 0.2) is 0 Å². The van der Waals surface area contributed by atoms with Crippen molar-refractivity contribution in [3.8, 4) is 0 Å². The van der Waals surface area contributed by atoms with Crippen molar-refractivity contribution < 1.29 is 14.3 Å². The van der Waals surface area contributed by atoms with Crippen LogP contribution in [-0.2, 0) is 14.3 Å². The van der Waals surface area contributed by atoms with E-state index < -0.39 is 0 Å². The number of carbonyl (C=O) groups is 2. The van der Waals surface area contributed by atoms with E-state index >= 15 is 0 Å². The average Bonchev–Trinajstić information content (AvgIpc) is 2.37. The molecule has 1 fully saturated rings. The second-order valence-corrected chi connectivity index (χ2v) is 4.42. The number of piperidine rings is 1. The van der Waals surface area contributed by atoms with Gasteiger partial charge < -0.3 is 10.1 Å². The Labute approximate surface area is 108 Å².